The molecular weight excluding hydrogens is 192 g/mol. The number of nitrogens with zero attached hydrogens (tertiary/aromatic N) is 3. The van der Waals surface area contributed by atoms with Crippen molar-refractivity contribution in [1.82, 2.24) is 14.7 Å². The quantitative estimate of drug-likeness (QED) is 0.723. The van der Waals surface area contributed by atoms with E-state index in [2.05, 4.69) is 5.10 Å². The molecule has 0 bridgehead atoms. The minimum atomic E-state index is 0.146. The molecule has 0 saturated heterocycles. The van der Waals surface area contributed by atoms with Crippen LogP contribution >= 0.6 is 0 Å². The van der Waals surface area contributed by atoms with Gasteiger partial charge in [0.2, 0.25) is 5.91 Å². The second kappa shape index (κ2) is 6.19. The monoisotopic (exact) mass is 210 g/mol. The van der Waals surface area contributed by atoms with Crippen molar-refractivity contribution in [3.63, 3.8) is 0 Å². The maximum Gasteiger partial charge on any atom is 0.222 e. The number of amides is 1. The summed E-state index contributed by atoms with van der Waals surface area (Å²) >= 11 is 0. The number of nitrogens with two attached hydrogens (primary N) is 1. The molecular formula is C10H18N4O. The van der Waals surface area contributed by atoms with Crippen molar-refractivity contribution in [2.75, 3.05) is 20.1 Å². The summed E-state index contributed by atoms with van der Waals surface area (Å²) in [6.07, 6.45) is 4.91. The van der Waals surface area contributed by atoms with Crippen LogP contribution in [0, 0.1) is 0 Å². The highest BCUT2D eigenvalue weighted by Gasteiger charge is 2.07. The molecule has 2 N–H and O–H groups in total. The Morgan fingerprint density at radius 2 is 2.40 bits per heavy atom. The number of likely N-dealkylation sites (N-methyl/N-ethyl adjacent to an activating group) is 1. The summed E-state index contributed by atoms with van der Waals surface area (Å²) in [4.78, 5) is 13.2. The van der Waals surface area contributed by atoms with Gasteiger partial charge in [-0.05, 0) is 19.0 Å². The van der Waals surface area contributed by atoms with Crippen molar-refractivity contribution < 1.29 is 4.79 Å². The number of hydrogen-bond acceptors (Lipinski definition) is 3. The Bertz CT molecular complexity index is 284. The van der Waals surface area contributed by atoms with Crippen LogP contribution in [0.15, 0.2) is 18.5 Å². The molecule has 0 fully saturated rings. The predicted octanol–water partition coefficient (Wildman–Crippen LogP) is 0.0804. The van der Waals surface area contributed by atoms with E-state index in [1.807, 2.05) is 24.0 Å². The van der Waals surface area contributed by atoms with Gasteiger partial charge in [0.25, 0.3) is 0 Å². The molecule has 0 aliphatic heterocycles. The van der Waals surface area contributed by atoms with E-state index in [4.69, 9.17) is 5.73 Å². The molecule has 84 valence electrons. The molecule has 0 radical (unpaired) electrons. The third-order valence-corrected chi connectivity index (χ3v) is 2.24. The molecule has 1 aromatic rings. The third-order valence-electron chi connectivity index (χ3n) is 2.24. The van der Waals surface area contributed by atoms with Crippen LogP contribution in [0.25, 0.3) is 0 Å². The first kappa shape index (κ1) is 11.7. The summed E-state index contributed by atoms with van der Waals surface area (Å²) in [5.41, 5.74) is 5.34. The molecule has 0 spiro atoms. The van der Waals surface area contributed by atoms with E-state index in [0.717, 1.165) is 13.0 Å². The van der Waals surface area contributed by atoms with E-state index in [0.29, 0.717) is 19.5 Å². The fraction of sp³-hybridized carbons (Fsp3) is 0.600. The first-order chi connectivity index (χ1) is 7.24. The van der Waals surface area contributed by atoms with Gasteiger partial charge in [-0.1, -0.05) is 0 Å². The van der Waals surface area contributed by atoms with Crippen LogP contribution in [-0.2, 0) is 11.3 Å². The van der Waals surface area contributed by atoms with Crippen molar-refractivity contribution in [1.29, 1.82) is 0 Å². The molecule has 5 nitrogen and oxygen atoms in total. The number of rotatable bonds is 6. The van der Waals surface area contributed by atoms with Gasteiger partial charge in [-0.15, -0.1) is 0 Å². The van der Waals surface area contributed by atoms with Gasteiger partial charge in [-0.25, -0.2) is 0 Å². The minimum absolute atomic E-state index is 0.146. The molecule has 0 aliphatic carbocycles. The zero-order valence-corrected chi connectivity index (χ0v) is 9.09. The van der Waals surface area contributed by atoms with Gasteiger partial charge in [-0.3, -0.25) is 9.48 Å². The summed E-state index contributed by atoms with van der Waals surface area (Å²) < 4.78 is 1.81. The lowest BCUT2D eigenvalue weighted by atomic mass is 10.3. The van der Waals surface area contributed by atoms with E-state index in [1.54, 1.807) is 11.1 Å². The Balaban J connectivity index is 2.23. The van der Waals surface area contributed by atoms with Crippen LogP contribution in [-0.4, -0.2) is 40.7 Å². The highest BCUT2D eigenvalue weighted by atomic mass is 16.2. The fourth-order valence-electron chi connectivity index (χ4n) is 1.25. The summed E-state index contributed by atoms with van der Waals surface area (Å²) in [6.45, 7) is 1.99. The highest BCUT2D eigenvalue weighted by molar-refractivity contribution is 5.75. The summed E-state index contributed by atoms with van der Waals surface area (Å²) in [7, 11) is 1.81. The van der Waals surface area contributed by atoms with E-state index in [-0.39, 0.29) is 5.91 Å². The molecule has 0 atom stereocenters. The lowest BCUT2D eigenvalue weighted by Gasteiger charge is -2.16. The van der Waals surface area contributed by atoms with Gasteiger partial charge in [0.05, 0.1) is 6.54 Å². The van der Waals surface area contributed by atoms with Gasteiger partial charge in [0.15, 0.2) is 0 Å². The van der Waals surface area contributed by atoms with Crippen LogP contribution in [0.4, 0.5) is 0 Å². The summed E-state index contributed by atoms with van der Waals surface area (Å²) in [5.74, 6) is 0.146. The molecule has 0 aliphatic rings. The Hall–Kier alpha value is -1.36. The third kappa shape index (κ3) is 4.12. The van der Waals surface area contributed by atoms with Gasteiger partial charge in [0.1, 0.15) is 0 Å². The second-order valence-electron chi connectivity index (χ2n) is 3.48. The predicted molar refractivity (Wildman–Crippen MR) is 58.2 cm³/mol. The minimum Gasteiger partial charge on any atom is -0.344 e. The van der Waals surface area contributed by atoms with Gasteiger partial charge >= 0.3 is 0 Å². The largest absolute Gasteiger partial charge is 0.344 e. The molecule has 5 heteroatoms. The number of hydrogen-bond donors (Lipinski definition) is 1. The number of aromatic nitrogens is 2. The molecule has 1 heterocycles. The molecule has 0 saturated carbocycles. The molecule has 0 aromatic carbocycles. The van der Waals surface area contributed by atoms with Crippen molar-refractivity contribution in [2.24, 2.45) is 5.73 Å². The zero-order valence-electron chi connectivity index (χ0n) is 9.09. The van der Waals surface area contributed by atoms with Gasteiger partial charge < -0.3 is 10.6 Å². The molecule has 1 aromatic heterocycles. The molecule has 15 heavy (non-hydrogen) atoms. The standard InChI is InChI=1S/C10H18N4O/c1-13(10(15)4-2-5-11)8-9-14-7-3-6-12-14/h3,6-7H,2,4-5,8-9,11H2,1H3. The van der Waals surface area contributed by atoms with E-state index < -0.39 is 0 Å². The normalized spacial score (nSPS) is 10.3. The average molecular weight is 210 g/mol. The van der Waals surface area contributed by atoms with Gasteiger partial charge in [-0.2, -0.15) is 5.10 Å². The first-order valence-electron chi connectivity index (χ1n) is 5.15. The maximum atomic E-state index is 11.5. The Labute approximate surface area is 89.9 Å². The summed E-state index contributed by atoms with van der Waals surface area (Å²) in [6, 6.07) is 1.87. The van der Waals surface area contributed by atoms with Crippen LogP contribution in [0.1, 0.15) is 12.8 Å². The smallest absolute Gasteiger partial charge is 0.222 e. The summed E-state index contributed by atoms with van der Waals surface area (Å²) in [5, 5.41) is 4.07. The Morgan fingerprint density at radius 3 is 3.00 bits per heavy atom. The van der Waals surface area contributed by atoms with Crippen LogP contribution < -0.4 is 5.73 Å². The SMILES string of the molecule is CN(CCn1cccn1)C(=O)CCCN. The topological polar surface area (TPSA) is 64.2 Å². The van der Waals surface area contributed by atoms with E-state index >= 15 is 0 Å². The number of carbonyl (C=O) groups excluding carboxylic acids is 1. The Morgan fingerprint density at radius 1 is 1.60 bits per heavy atom. The van der Waals surface area contributed by atoms with Crippen LogP contribution in [0.2, 0.25) is 0 Å². The Kier molecular flexibility index (Phi) is 4.83. The second-order valence-corrected chi connectivity index (χ2v) is 3.48. The zero-order chi connectivity index (χ0) is 11.1. The molecule has 1 amide bonds. The van der Waals surface area contributed by atoms with Crippen molar-refractivity contribution in [2.45, 2.75) is 19.4 Å². The van der Waals surface area contributed by atoms with E-state index in [9.17, 15) is 4.79 Å². The lowest BCUT2D eigenvalue weighted by molar-refractivity contribution is -0.130. The van der Waals surface area contributed by atoms with Crippen molar-refractivity contribution >= 4 is 5.91 Å². The van der Waals surface area contributed by atoms with Crippen LogP contribution in [0.5, 0.6) is 0 Å². The maximum absolute atomic E-state index is 11.5. The highest BCUT2D eigenvalue weighted by Crippen LogP contribution is 1.95. The van der Waals surface area contributed by atoms with Crippen LogP contribution in [0.3, 0.4) is 0 Å². The van der Waals surface area contributed by atoms with Crippen molar-refractivity contribution in [3.8, 4) is 0 Å². The van der Waals surface area contributed by atoms with Gasteiger partial charge in [0, 0.05) is 32.4 Å². The molecule has 1 rings (SSSR count). The molecule has 0 unspecified atom stereocenters. The fourth-order valence-corrected chi connectivity index (χ4v) is 1.25. The average Bonchev–Trinajstić information content (AvgIpc) is 2.75. The van der Waals surface area contributed by atoms with Crippen molar-refractivity contribution in [3.05, 3.63) is 18.5 Å². The lowest BCUT2D eigenvalue weighted by Crippen LogP contribution is -2.30. The number of carbonyl (C=O) groups is 1. The van der Waals surface area contributed by atoms with E-state index in [1.165, 1.54) is 0 Å². The first-order valence-corrected chi connectivity index (χ1v) is 5.15.